The smallest absolute Gasteiger partial charge is 0.357 e. The van der Waals surface area contributed by atoms with Gasteiger partial charge in [0, 0.05) is 7.05 Å². The number of benzene rings is 1. The largest absolute Gasteiger partial charge is 0.453 e. The maximum atomic E-state index is 13.7. The summed E-state index contributed by atoms with van der Waals surface area (Å²) in [7, 11) is -3.78. The molecule has 3 rings (SSSR count). The molecule has 0 aliphatic heterocycles. The van der Waals surface area contributed by atoms with E-state index in [1.807, 2.05) is 0 Å². The Morgan fingerprint density at radius 3 is 2.44 bits per heavy atom. The highest BCUT2D eigenvalue weighted by Crippen LogP contribution is 2.45. The van der Waals surface area contributed by atoms with Crippen molar-refractivity contribution in [2.75, 3.05) is 12.4 Å². The first kappa shape index (κ1) is 17.9. The van der Waals surface area contributed by atoms with E-state index >= 15 is 0 Å². The maximum absolute atomic E-state index is 13.7. The van der Waals surface area contributed by atoms with Crippen molar-refractivity contribution >= 4 is 27.8 Å². The Labute approximate surface area is 145 Å². The summed E-state index contributed by atoms with van der Waals surface area (Å²) in [5, 5.41) is 5.66. The topological polar surface area (TPSA) is 76.9 Å². The van der Waals surface area contributed by atoms with Gasteiger partial charge in [0.15, 0.2) is 0 Å². The first-order chi connectivity index (χ1) is 11.5. The van der Waals surface area contributed by atoms with Crippen LogP contribution >= 0.6 is 11.6 Å². The monoisotopic (exact) mass is 398 g/mol. The Morgan fingerprint density at radius 2 is 1.96 bits per heavy atom. The highest BCUT2D eigenvalue weighted by Gasteiger charge is 2.38. The van der Waals surface area contributed by atoms with Gasteiger partial charge in [-0.1, -0.05) is 11.6 Å². The van der Waals surface area contributed by atoms with Crippen molar-refractivity contribution in [3.63, 3.8) is 0 Å². The van der Waals surface area contributed by atoms with Gasteiger partial charge in [0.25, 0.3) is 5.82 Å². The van der Waals surface area contributed by atoms with Crippen molar-refractivity contribution in [2.24, 2.45) is 0 Å². The molecule has 25 heavy (non-hydrogen) atoms. The predicted molar refractivity (Wildman–Crippen MR) is 81.2 cm³/mol. The average Bonchev–Trinajstić information content (AvgIpc) is 3.23. The lowest BCUT2D eigenvalue weighted by molar-refractivity contribution is -0.144. The van der Waals surface area contributed by atoms with Crippen LogP contribution in [-0.2, 0) is 16.4 Å². The van der Waals surface area contributed by atoms with Gasteiger partial charge in [-0.15, -0.1) is 8.98 Å². The molecule has 1 N–H and O–H groups in total. The van der Waals surface area contributed by atoms with E-state index in [2.05, 4.69) is 15.4 Å². The SMILES string of the molecule is CNc1nc(C(F)(F)F)nn1-c1cc(S(=O)(=O)F)c(C2CC2)cc1Cl. The lowest BCUT2D eigenvalue weighted by atomic mass is 10.1. The van der Waals surface area contributed by atoms with E-state index in [4.69, 9.17) is 11.6 Å². The first-order valence-corrected chi connectivity index (χ1v) is 8.79. The molecule has 1 heterocycles. The van der Waals surface area contributed by atoms with E-state index in [-0.39, 0.29) is 28.1 Å². The number of hydrogen-bond acceptors (Lipinski definition) is 5. The van der Waals surface area contributed by atoms with Crippen LogP contribution in [0, 0.1) is 0 Å². The Hall–Kier alpha value is -1.88. The molecule has 0 radical (unpaired) electrons. The number of alkyl halides is 3. The summed E-state index contributed by atoms with van der Waals surface area (Å²) in [6.45, 7) is 0. The zero-order chi connectivity index (χ0) is 18.6. The summed E-state index contributed by atoms with van der Waals surface area (Å²) in [5.74, 6) is -1.91. The molecule has 0 unspecified atom stereocenters. The minimum absolute atomic E-state index is 0.0653. The molecule has 0 bridgehead atoms. The number of anilines is 1. The number of nitrogens with one attached hydrogen (secondary N) is 1. The summed E-state index contributed by atoms with van der Waals surface area (Å²) >= 11 is 6.10. The highest BCUT2D eigenvalue weighted by atomic mass is 35.5. The van der Waals surface area contributed by atoms with Gasteiger partial charge in [-0.05, 0) is 36.5 Å². The fraction of sp³-hybridized carbons (Fsp3) is 0.385. The molecular weight excluding hydrogens is 388 g/mol. The predicted octanol–water partition coefficient (Wildman–Crippen LogP) is 3.52. The Balaban J connectivity index is 2.23. The molecule has 0 atom stereocenters. The zero-order valence-electron chi connectivity index (χ0n) is 12.6. The number of hydrogen-bond donors (Lipinski definition) is 1. The summed E-state index contributed by atoms with van der Waals surface area (Å²) < 4.78 is 75.7. The van der Waals surface area contributed by atoms with Gasteiger partial charge in [-0.3, -0.25) is 0 Å². The van der Waals surface area contributed by atoms with Crippen LogP contribution in [-0.4, -0.2) is 30.2 Å². The van der Waals surface area contributed by atoms with Crippen molar-refractivity contribution in [2.45, 2.75) is 29.8 Å². The molecule has 1 saturated carbocycles. The second kappa shape index (κ2) is 5.84. The Kier molecular flexibility index (Phi) is 4.18. The van der Waals surface area contributed by atoms with E-state index in [0.29, 0.717) is 17.5 Å². The second-order valence-electron chi connectivity index (χ2n) is 5.47. The lowest BCUT2D eigenvalue weighted by Crippen LogP contribution is -2.09. The fourth-order valence-electron chi connectivity index (χ4n) is 2.41. The molecule has 1 aromatic heterocycles. The van der Waals surface area contributed by atoms with Crippen LogP contribution in [0.4, 0.5) is 23.0 Å². The molecule has 0 saturated heterocycles. The first-order valence-electron chi connectivity index (χ1n) is 7.03. The molecule has 0 spiro atoms. The quantitative estimate of drug-likeness (QED) is 0.630. The third-order valence-corrected chi connectivity index (χ3v) is 4.85. The molecule has 136 valence electrons. The van der Waals surface area contributed by atoms with Crippen molar-refractivity contribution in [1.82, 2.24) is 14.8 Å². The van der Waals surface area contributed by atoms with Crippen molar-refractivity contribution < 1.29 is 25.5 Å². The molecule has 6 nitrogen and oxygen atoms in total. The van der Waals surface area contributed by atoms with E-state index in [1.54, 1.807) is 0 Å². The van der Waals surface area contributed by atoms with Crippen LogP contribution in [0.15, 0.2) is 17.0 Å². The van der Waals surface area contributed by atoms with Crippen molar-refractivity contribution in [1.29, 1.82) is 0 Å². The van der Waals surface area contributed by atoms with Crippen LogP contribution in [0.3, 0.4) is 0 Å². The number of halogens is 5. The molecule has 1 fully saturated rings. The fourth-order valence-corrected chi connectivity index (χ4v) is 3.42. The van der Waals surface area contributed by atoms with Gasteiger partial charge in [-0.2, -0.15) is 31.3 Å². The number of rotatable bonds is 4. The number of nitrogens with zero attached hydrogens (tertiary/aromatic N) is 3. The standard InChI is InChI=1S/C13H11ClF4N4O2S/c1-19-12-20-11(13(15,16)17)21-22(12)9-5-10(25(18,23)24)7(4-8(9)14)6-2-3-6/h4-6H,2-3H2,1H3,(H,19,20,21). The summed E-state index contributed by atoms with van der Waals surface area (Å²) in [6.07, 6.45) is -3.45. The average molecular weight is 399 g/mol. The van der Waals surface area contributed by atoms with Gasteiger partial charge < -0.3 is 5.32 Å². The maximum Gasteiger partial charge on any atom is 0.453 e. The van der Waals surface area contributed by atoms with Gasteiger partial charge in [0.05, 0.1) is 10.7 Å². The molecule has 1 aliphatic carbocycles. The van der Waals surface area contributed by atoms with Gasteiger partial charge >= 0.3 is 16.4 Å². The van der Waals surface area contributed by atoms with E-state index in [1.165, 1.54) is 13.1 Å². The van der Waals surface area contributed by atoms with Crippen LogP contribution < -0.4 is 5.32 Å². The van der Waals surface area contributed by atoms with E-state index in [0.717, 1.165) is 6.07 Å². The van der Waals surface area contributed by atoms with Crippen LogP contribution in [0.5, 0.6) is 0 Å². The molecule has 1 aromatic carbocycles. The third kappa shape index (κ3) is 3.43. The second-order valence-corrected chi connectivity index (χ2v) is 7.19. The normalized spacial score (nSPS) is 15.4. The van der Waals surface area contributed by atoms with E-state index in [9.17, 15) is 25.5 Å². The van der Waals surface area contributed by atoms with Crippen molar-refractivity contribution in [3.05, 3.63) is 28.5 Å². The minimum Gasteiger partial charge on any atom is -0.357 e. The summed E-state index contributed by atoms with van der Waals surface area (Å²) in [5.41, 5.74) is -0.0203. The van der Waals surface area contributed by atoms with Crippen LogP contribution in [0.25, 0.3) is 5.69 Å². The summed E-state index contributed by atoms with van der Waals surface area (Å²) in [6, 6.07) is 2.12. The molecule has 1 aliphatic rings. The van der Waals surface area contributed by atoms with E-state index < -0.39 is 27.1 Å². The summed E-state index contributed by atoms with van der Waals surface area (Å²) in [4.78, 5) is 2.67. The van der Waals surface area contributed by atoms with Crippen LogP contribution in [0.1, 0.15) is 30.1 Å². The Morgan fingerprint density at radius 1 is 1.32 bits per heavy atom. The molecule has 12 heteroatoms. The molecule has 0 amide bonds. The Bertz CT molecular complexity index is 938. The zero-order valence-corrected chi connectivity index (χ0v) is 14.2. The van der Waals surface area contributed by atoms with Gasteiger partial charge in [0.1, 0.15) is 4.90 Å². The highest BCUT2D eigenvalue weighted by molar-refractivity contribution is 7.86. The van der Waals surface area contributed by atoms with Crippen molar-refractivity contribution in [3.8, 4) is 5.69 Å². The van der Waals surface area contributed by atoms with Gasteiger partial charge in [-0.25, -0.2) is 0 Å². The third-order valence-electron chi connectivity index (χ3n) is 3.67. The van der Waals surface area contributed by atoms with Gasteiger partial charge in [0.2, 0.25) is 5.95 Å². The lowest BCUT2D eigenvalue weighted by Gasteiger charge is -2.12. The molecule has 2 aromatic rings. The van der Waals surface area contributed by atoms with Crippen LogP contribution in [0.2, 0.25) is 5.02 Å². The molecular formula is C13H11ClF4N4O2S. The number of aromatic nitrogens is 3. The minimum atomic E-state index is -5.09.